The van der Waals surface area contributed by atoms with E-state index in [2.05, 4.69) is 16.9 Å². The fraction of sp³-hybridized carbons (Fsp3) is 0.353. The zero-order valence-electron chi connectivity index (χ0n) is 12.5. The molecule has 1 heterocycles. The van der Waals surface area contributed by atoms with Gasteiger partial charge >= 0.3 is 5.97 Å². The van der Waals surface area contributed by atoms with E-state index in [-0.39, 0.29) is 5.97 Å². The molecule has 0 spiro atoms. The zero-order valence-corrected chi connectivity index (χ0v) is 12.5. The van der Waals surface area contributed by atoms with Crippen molar-refractivity contribution >= 4 is 5.97 Å². The van der Waals surface area contributed by atoms with Gasteiger partial charge in [-0.15, -0.1) is 0 Å². The minimum absolute atomic E-state index is 0.175. The number of aromatic nitrogens is 2. The molecule has 0 amide bonds. The van der Waals surface area contributed by atoms with Crippen molar-refractivity contribution in [1.29, 1.82) is 0 Å². The molecule has 21 heavy (non-hydrogen) atoms. The number of ether oxygens (including phenoxy) is 1. The minimum Gasteiger partial charge on any atom is -0.427 e. The molecule has 0 N–H and O–H groups in total. The lowest BCUT2D eigenvalue weighted by molar-refractivity contribution is -0.134. The van der Waals surface area contributed by atoms with Gasteiger partial charge in [-0.2, -0.15) is 0 Å². The number of aryl methyl sites for hydroxylation is 1. The lowest BCUT2D eigenvalue weighted by atomic mass is 10.1. The van der Waals surface area contributed by atoms with E-state index in [4.69, 9.17) is 4.74 Å². The third kappa shape index (κ3) is 4.67. The van der Waals surface area contributed by atoms with Gasteiger partial charge in [0.2, 0.25) is 0 Å². The minimum atomic E-state index is -0.175. The summed E-state index contributed by atoms with van der Waals surface area (Å²) < 4.78 is 5.30. The van der Waals surface area contributed by atoms with E-state index in [9.17, 15) is 4.79 Å². The van der Waals surface area contributed by atoms with Gasteiger partial charge < -0.3 is 4.74 Å². The van der Waals surface area contributed by atoms with Crippen molar-refractivity contribution in [3.05, 3.63) is 42.4 Å². The molecule has 1 aromatic heterocycles. The number of carbonyl (C=O) groups is 1. The molecule has 0 atom stereocenters. The van der Waals surface area contributed by atoms with Crippen LogP contribution < -0.4 is 4.74 Å². The summed E-state index contributed by atoms with van der Waals surface area (Å²) >= 11 is 0. The van der Waals surface area contributed by atoms with E-state index < -0.39 is 0 Å². The molecule has 0 radical (unpaired) electrons. The van der Waals surface area contributed by atoms with Crippen molar-refractivity contribution < 1.29 is 9.53 Å². The first-order valence-electron chi connectivity index (χ1n) is 7.29. The van der Waals surface area contributed by atoms with Gasteiger partial charge in [-0.05, 0) is 37.6 Å². The van der Waals surface area contributed by atoms with Crippen molar-refractivity contribution in [3.63, 3.8) is 0 Å². The van der Waals surface area contributed by atoms with Crippen LogP contribution in [0.25, 0.3) is 11.3 Å². The molecule has 0 aliphatic rings. The topological polar surface area (TPSA) is 52.1 Å². The standard InChI is InChI=1S/C17H20N2O2/c1-3-4-5-6-17(20)21-15-9-7-14(8-10-15)16-12-18-13(2)11-19-16/h7-12H,3-6H2,1-2H3. The molecule has 110 valence electrons. The Labute approximate surface area is 125 Å². The monoisotopic (exact) mass is 284 g/mol. The van der Waals surface area contributed by atoms with Crippen LogP contribution in [0.3, 0.4) is 0 Å². The smallest absolute Gasteiger partial charge is 0.311 e. The molecule has 0 aliphatic heterocycles. The number of hydrogen-bond donors (Lipinski definition) is 0. The first-order chi connectivity index (χ1) is 10.2. The fourth-order valence-electron chi connectivity index (χ4n) is 1.94. The Bertz CT molecular complexity index is 577. The molecule has 0 unspecified atom stereocenters. The average molecular weight is 284 g/mol. The maximum absolute atomic E-state index is 11.6. The van der Waals surface area contributed by atoms with Crippen LogP contribution in [0.2, 0.25) is 0 Å². The Balaban J connectivity index is 1.95. The van der Waals surface area contributed by atoms with E-state index in [1.165, 1.54) is 0 Å². The number of rotatable bonds is 6. The van der Waals surface area contributed by atoms with Crippen LogP contribution in [0.15, 0.2) is 36.7 Å². The van der Waals surface area contributed by atoms with Gasteiger partial charge in [-0.3, -0.25) is 14.8 Å². The molecule has 0 fully saturated rings. The second-order valence-electron chi connectivity index (χ2n) is 5.00. The number of carbonyl (C=O) groups excluding carboxylic acids is 1. The van der Waals surface area contributed by atoms with Crippen LogP contribution >= 0.6 is 0 Å². The number of benzene rings is 1. The molecular formula is C17H20N2O2. The SMILES string of the molecule is CCCCCC(=O)Oc1ccc(-c2cnc(C)cn2)cc1. The quantitative estimate of drug-likeness (QED) is 0.458. The van der Waals surface area contributed by atoms with E-state index in [0.29, 0.717) is 12.2 Å². The van der Waals surface area contributed by atoms with E-state index in [1.807, 2.05) is 19.1 Å². The van der Waals surface area contributed by atoms with Gasteiger partial charge in [-0.25, -0.2) is 0 Å². The summed E-state index contributed by atoms with van der Waals surface area (Å²) in [4.78, 5) is 20.2. The van der Waals surface area contributed by atoms with Gasteiger partial charge in [0, 0.05) is 18.2 Å². The number of esters is 1. The Morgan fingerprint density at radius 1 is 1.10 bits per heavy atom. The highest BCUT2D eigenvalue weighted by Gasteiger charge is 2.05. The Hall–Kier alpha value is -2.23. The van der Waals surface area contributed by atoms with Crippen molar-refractivity contribution in [3.8, 4) is 17.0 Å². The number of unbranched alkanes of at least 4 members (excludes halogenated alkanes) is 2. The van der Waals surface area contributed by atoms with Crippen LogP contribution in [-0.2, 0) is 4.79 Å². The summed E-state index contributed by atoms with van der Waals surface area (Å²) in [5.41, 5.74) is 2.64. The Morgan fingerprint density at radius 2 is 1.86 bits per heavy atom. The van der Waals surface area contributed by atoms with Crippen LogP contribution in [-0.4, -0.2) is 15.9 Å². The zero-order chi connectivity index (χ0) is 15.1. The third-order valence-electron chi connectivity index (χ3n) is 3.15. The lowest BCUT2D eigenvalue weighted by Gasteiger charge is -2.05. The van der Waals surface area contributed by atoms with Crippen molar-refractivity contribution in [2.75, 3.05) is 0 Å². The largest absolute Gasteiger partial charge is 0.427 e. The second kappa shape index (κ2) is 7.53. The molecule has 0 bridgehead atoms. The van der Waals surface area contributed by atoms with Crippen LogP contribution in [0, 0.1) is 6.92 Å². The molecule has 2 rings (SSSR count). The summed E-state index contributed by atoms with van der Waals surface area (Å²) in [7, 11) is 0. The van der Waals surface area contributed by atoms with Crippen molar-refractivity contribution in [1.82, 2.24) is 9.97 Å². The van der Waals surface area contributed by atoms with Crippen LogP contribution in [0.5, 0.6) is 5.75 Å². The maximum Gasteiger partial charge on any atom is 0.311 e. The molecule has 4 heteroatoms. The Kier molecular flexibility index (Phi) is 5.43. The van der Waals surface area contributed by atoms with E-state index >= 15 is 0 Å². The molecule has 4 nitrogen and oxygen atoms in total. The van der Waals surface area contributed by atoms with Gasteiger partial charge in [0.05, 0.1) is 17.6 Å². The van der Waals surface area contributed by atoms with Crippen LogP contribution in [0.1, 0.15) is 38.3 Å². The predicted molar refractivity (Wildman–Crippen MR) is 82.0 cm³/mol. The van der Waals surface area contributed by atoms with E-state index in [0.717, 1.165) is 36.2 Å². The summed E-state index contributed by atoms with van der Waals surface area (Å²) in [6.45, 7) is 4.01. The fourth-order valence-corrected chi connectivity index (χ4v) is 1.94. The van der Waals surface area contributed by atoms with Gasteiger partial charge in [0.15, 0.2) is 0 Å². The highest BCUT2D eigenvalue weighted by molar-refractivity contribution is 5.72. The first-order valence-corrected chi connectivity index (χ1v) is 7.29. The maximum atomic E-state index is 11.6. The van der Waals surface area contributed by atoms with Gasteiger partial charge in [-0.1, -0.05) is 19.8 Å². The summed E-state index contributed by atoms with van der Waals surface area (Å²) in [5.74, 6) is 0.395. The third-order valence-corrected chi connectivity index (χ3v) is 3.15. The molecule has 1 aromatic carbocycles. The van der Waals surface area contributed by atoms with Gasteiger partial charge in [0.1, 0.15) is 5.75 Å². The molecule has 0 saturated heterocycles. The summed E-state index contributed by atoms with van der Waals surface area (Å²) in [5, 5.41) is 0. The highest BCUT2D eigenvalue weighted by atomic mass is 16.5. The molecule has 2 aromatic rings. The van der Waals surface area contributed by atoms with E-state index in [1.54, 1.807) is 24.5 Å². The average Bonchev–Trinajstić information content (AvgIpc) is 2.49. The predicted octanol–water partition coefficient (Wildman–Crippen LogP) is 3.94. The van der Waals surface area contributed by atoms with Crippen LogP contribution in [0.4, 0.5) is 0 Å². The highest BCUT2D eigenvalue weighted by Crippen LogP contribution is 2.20. The Morgan fingerprint density at radius 3 is 2.48 bits per heavy atom. The molecular weight excluding hydrogens is 264 g/mol. The van der Waals surface area contributed by atoms with Crippen molar-refractivity contribution in [2.24, 2.45) is 0 Å². The second-order valence-corrected chi connectivity index (χ2v) is 5.00. The molecule has 0 aliphatic carbocycles. The summed E-state index contributed by atoms with van der Waals surface area (Å²) in [6, 6.07) is 7.34. The summed E-state index contributed by atoms with van der Waals surface area (Å²) in [6.07, 6.45) is 6.98. The molecule has 0 saturated carbocycles. The lowest BCUT2D eigenvalue weighted by Crippen LogP contribution is -2.07. The van der Waals surface area contributed by atoms with Gasteiger partial charge in [0.25, 0.3) is 0 Å². The number of hydrogen-bond acceptors (Lipinski definition) is 4. The number of nitrogens with zero attached hydrogens (tertiary/aromatic N) is 2. The normalized spacial score (nSPS) is 10.4. The van der Waals surface area contributed by atoms with Crippen molar-refractivity contribution in [2.45, 2.75) is 39.5 Å². The first kappa shape index (κ1) is 15.2.